The van der Waals surface area contributed by atoms with Crippen molar-refractivity contribution in [1.82, 2.24) is 15.3 Å². The third-order valence-corrected chi connectivity index (χ3v) is 4.66. The van der Waals surface area contributed by atoms with Crippen LogP contribution in [0.5, 0.6) is 5.75 Å². The number of hydrogen-bond acceptors (Lipinski definition) is 7. The molecule has 1 fully saturated rings. The number of hydrogen-bond donors (Lipinski definition) is 4. The highest BCUT2D eigenvalue weighted by Crippen LogP contribution is 2.26. The lowest BCUT2D eigenvalue weighted by molar-refractivity contribution is -0.123. The second kappa shape index (κ2) is 8.78. The normalized spacial score (nSPS) is 12.8. The number of carbonyl (C=O) groups excluding carboxylic acids is 1. The number of nitrogens with zero attached hydrogens (tertiary/aromatic N) is 2. The van der Waals surface area contributed by atoms with E-state index in [0.29, 0.717) is 28.5 Å². The van der Waals surface area contributed by atoms with Gasteiger partial charge >= 0.3 is 0 Å². The van der Waals surface area contributed by atoms with Crippen molar-refractivity contribution in [3.8, 4) is 17.1 Å². The van der Waals surface area contributed by atoms with Crippen LogP contribution in [0.4, 0.5) is 21.6 Å². The van der Waals surface area contributed by atoms with Gasteiger partial charge in [-0.1, -0.05) is 0 Å². The molecule has 158 valence electrons. The van der Waals surface area contributed by atoms with Crippen LogP contribution in [0, 0.1) is 11.2 Å². The van der Waals surface area contributed by atoms with Crippen LogP contribution in [0.3, 0.4) is 0 Å². The van der Waals surface area contributed by atoms with Gasteiger partial charge in [0.05, 0.1) is 5.56 Å². The first-order valence-electron chi connectivity index (χ1n) is 9.74. The first kappa shape index (κ1) is 20.3. The summed E-state index contributed by atoms with van der Waals surface area (Å²) < 4.78 is 20.0. The summed E-state index contributed by atoms with van der Waals surface area (Å²) in [5.74, 6) is 0.242. The van der Waals surface area contributed by atoms with Gasteiger partial charge < -0.3 is 26.5 Å². The van der Waals surface area contributed by atoms with Crippen LogP contribution in [0.25, 0.3) is 11.4 Å². The topological polar surface area (TPSA) is 126 Å². The molecule has 2 aromatic carbocycles. The molecule has 9 heteroatoms. The molecule has 8 nitrogen and oxygen atoms in total. The molecule has 0 aliphatic heterocycles. The van der Waals surface area contributed by atoms with Crippen LogP contribution in [-0.4, -0.2) is 34.7 Å². The van der Waals surface area contributed by atoms with Crippen molar-refractivity contribution in [2.45, 2.75) is 18.9 Å². The first-order valence-corrected chi connectivity index (χ1v) is 9.74. The third-order valence-electron chi connectivity index (χ3n) is 4.66. The van der Waals surface area contributed by atoms with Gasteiger partial charge in [-0.3, -0.25) is 4.79 Å². The van der Waals surface area contributed by atoms with Crippen LogP contribution >= 0.6 is 0 Å². The zero-order chi connectivity index (χ0) is 21.8. The predicted octanol–water partition coefficient (Wildman–Crippen LogP) is 3.26. The van der Waals surface area contributed by atoms with Crippen molar-refractivity contribution >= 4 is 29.3 Å². The van der Waals surface area contributed by atoms with Crippen LogP contribution < -0.4 is 21.1 Å². The molecule has 0 radical (unpaired) electrons. The van der Waals surface area contributed by atoms with Crippen molar-refractivity contribution in [3.63, 3.8) is 0 Å². The Morgan fingerprint density at radius 1 is 1.26 bits per heavy atom. The number of rotatable bonds is 8. The molecule has 1 saturated carbocycles. The molecule has 0 atom stereocenters. The summed E-state index contributed by atoms with van der Waals surface area (Å²) in [6.07, 6.45) is 4.66. The number of nitrogen functional groups attached to an aromatic ring is 1. The molecule has 1 aliphatic carbocycles. The second-order valence-corrected chi connectivity index (χ2v) is 7.15. The molecular weight excluding hydrogens is 399 g/mol. The number of anilines is 3. The molecule has 5 N–H and O–H groups in total. The van der Waals surface area contributed by atoms with Crippen molar-refractivity contribution in [2.75, 3.05) is 17.7 Å². The maximum atomic E-state index is 14.5. The Balaban J connectivity index is 1.51. The van der Waals surface area contributed by atoms with Gasteiger partial charge in [0, 0.05) is 35.4 Å². The summed E-state index contributed by atoms with van der Waals surface area (Å²) in [5.41, 5.74) is 7.71. The lowest BCUT2D eigenvalue weighted by Crippen LogP contribution is -2.30. The van der Waals surface area contributed by atoms with Gasteiger partial charge in [0.15, 0.2) is 12.4 Å². The quantitative estimate of drug-likeness (QED) is 0.327. The van der Waals surface area contributed by atoms with E-state index in [1.165, 1.54) is 24.4 Å². The number of carbonyl (C=O) groups is 1. The number of benzene rings is 2. The van der Waals surface area contributed by atoms with Crippen molar-refractivity contribution in [1.29, 1.82) is 5.41 Å². The molecule has 1 aliphatic rings. The third kappa shape index (κ3) is 5.13. The highest BCUT2D eigenvalue weighted by molar-refractivity contribution is 5.87. The van der Waals surface area contributed by atoms with Crippen LogP contribution in [0.2, 0.25) is 0 Å². The fourth-order valence-corrected chi connectivity index (χ4v) is 2.89. The van der Waals surface area contributed by atoms with E-state index in [1.807, 2.05) is 0 Å². The van der Waals surface area contributed by atoms with Crippen LogP contribution in [-0.2, 0) is 4.79 Å². The molecule has 0 saturated heterocycles. The van der Waals surface area contributed by atoms with E-state index in [4.69, 9.17) is 15.9 Å². The number of nitrogens with two attached hydrogens (primary N) is 1. The second-order valence-electron chi connectivity index (χ2n) is 7.15. The van der Waals surface area contributed by atoms with Gasteiger partial charge in [-0.15, -0.1) is 0 Å². The minimum atomic E-state index is -0.509. The number of aromatic nitrogens is 2. The molecule has 1 heterocycles. The van der Waals surface area contributed by atoms with Crippen LogP contribution in [0.15, 0.2) is 48.7 Å². The average Bonchev–Trinajstić information content (AvgIpc) is 3.58. The minimum absolute atomic E-state index is 0.142. The monoisotopic (exact) mass is 420 g/mol. The number of amides is 1. The Labute approximate surface area is 178 Å². The molecule has 0 spiro atoms. The number of halogens is 1. The van der Waals surface area contributed by atoms with E-state index < -0.39 is 5.82 Å². The summed E-state index contributed by atoms with van der Waals surface area (Å²) in [4.78, 5) is 20.3. The lowest BCUT2D eigenvalue weighted by Gasteiger charge is -2.11. The average molecular weight is 420 g/mol. The molecule has 3 aromatic rings. The molecule has 1 aromatic heterocycles. The van der Waals surface area contributed by atoms with E-state index in [1.54, 1.807) is 24.3 Å². The Bertz CT molecular complexity index is 1130. The van der Waals surface area contributed by atoms with Crippen molar-refractivity contribution < 1.29 is 13.9 Å². The van der Waals surface area contributed by atoms with Gasteiger partial charge in [0.1, 0.15) is 17.4 Å². The number of nitrogens with one attached hydrogen (secondary N) is 3. The Morgan fingerprint density at radius 2 is 2.10 bits per heavy atom. The Kier molecular flexibility index (Phi) is 5.74. The van der Waals surface area contributed by atoms with Crippen LogP contribution in [0.1, 0.15) is 18.4 Å². The SMILES string of the molecule is N=Cc1cc(Nc2ccnc(-c3cc(OCC(=O)NC4CC4)ccc3F)n2)ccc1N. The van der Waals surface area contributed by atoms with Gasteiger partial charge in [-0.25, -0.2) is 14.4 Å². The zero-order valence-electron chi connectivity index (χ0n) is 16.6. The van der Waals surface area contributed by atoms with E-state index in [0.717, 1.165) is 19.1 Å². The molecule has 0 bridgehead atoms. The Morgan fingerprint density at radius 3 is 2.87 bits per heavy atom. The standard InChI is InChI=1S/C22H21FN6O2/c23-18-5-4-16(31-12-21(30)28-14-1-2-14)10-17(18)22-26-8-7-20(29-22)27-15-3-6-19(25)13(9-15)11-24/h3-11,14,24H,1-2,12,25H2,(H,28,30)(H,26,27,29). The summed E-state index contributed by atoms with van der Waals surface area (Å²) in [7, 11) is 0. The van der Waals surface area contributed by atoms with Gasteiger partial charge in [-0.05, 0) is 55.3 Å². The predicted molar refractivity (Wildman–Crippen MR) is 116 cm³/mol. The lowest BCUT2D eigenvalue weighted by atomic mass is 10.1. The fraction of sp³-hybridized carbons (Fsp3) is 0.182. The summed E-state index contributed by atoms with van der Waals surface area (Å²) in [5, 5.41) is 13.3. The fourth-order valence-electron chi connectivity index (χ4n) is 2.89. The highest BCUT2D eigenvalue weighted by Gasteiger charge is 2.23. The van der Waals surface area contributed by atoms with Gasteiger partial charge in [0.2, 0.25) is 0 Å². The van der Waals surface area contributed by atoms with Crippen molar-refractivity contribution in [2.24, 2.45) is 0 Å². The Hall–Kier alpha value is -4.01. The maximum absolute atomic E-state index is 14.5. The van der Waals surface area contributed by atoms with E-state index in [2.05, 4.69) is 20.6 Å². The zero-order valence-corrected chi connectivity index (χ0v) is 16.6. The first-order chi connectivity index (χ1) is 15.0. The van der Waals surface area contributed by atoms with E-state index in [9.17, 15) is 9.18 Å². The van der Waals surface area contributed by atoms with Gasteiger partial charge in [-0.2, -0.15) is 0 Å². The van der Waals surface area contributed by atoms with Gasteiger partial charge in [0.25, 0.3) is 5.91 Å². The highest BCUT2D eigenvalue weighted by atomic mass is 19.1. The number of ether oxygens (including phenoxy) is 1. The molecule has 1 amide bonds. The molecule has 31 heavy (non-hydrogen) atoms. The maximum Gasteiger partial charge on any atom is 0.258 e. The molecular formula is C22H21FN6O2. The smallest absolute Gasteiger partial charge is 0.258 e. The minimum Gasteiger partial charge on any atom is -0.484 e. The van der Waals surface area contributed by atoms with E-state index >= 15 is 0 Å². The largest absolute Gasteiger partial charge is 0.484 e. The summed E-state index contributed by atoms with van der Waals surface area (Å²) in [6, 6.07) is 11.2. The summed E-state index contributed by atoms with van der Waals surface area (Å²) in [6.45, 7) is -0.142. The molecule has 4 rings (SSSR count). The van der Waals surface area contributed by atoms with Crippen molar-refractivity contribution in [3.05, 3.63) is 60.0 Å². The summed E-state index contributed by atoms with van der Waals surface area (Å²) >= 11 is 0. The van der Waals surface area contributed by atoms with E-state index in [-0.39, 0.29) is 29.9 Å². The molecule has 0 unspecified atom stereocenters.